The molecule has 3 nitrogen and oxygen atoms in total. The lowest BCUT2D eigenvalue weighted by atomic mass is 10.3. The van der Waals surface area contributed by atoms with E-state index >= 15 is 0 Å². The second-order valence-corrected chi connectivity index (χ2v) is 3.00. The van der Waals surface area contributed by atoms with E-state index in [1.807, 2.05) is 0 Å². The summed E-state index contributed by atoms with van der Waals surface area (Å²) < 4.78 is 74.7. The molecule has 16 heavy (non-hydrogen) atoms. The van der Waals surface area contributed by atoms with Crippen molar-refractivity contribution in [3.8, 4) is 5.75 Å². The van der Waals surface area contributed by atoms with Crippen molar-refractivity contribution in [3.63, 3.8) is 0 Å². The summed E-state index contributed by atoms with van der Waals surface area (Å²) in [4.78, 5) is 0. The van der Waals surface area contributed by atoms with Gasteiger partial charge in [0.2, 0.25) is 0 Å². The maximum atomic E-state index is 11.5. The van der Waals surface area contributed by atoms with Gasteiger partial charge in [-0.1, -0.05) is 26.0 Å². The number of benzene rings is 1. The van der Waals surface area contributed by atoms with Crippen molar-refractivity contribution >= 4 is 10.6 Å². The van der Waals surface area contributed by atoms with Gasteiger partial charge in [-0.05, 0) is 12.1 Å². The molecular weight excluding hydrogens is 259 g/mol. The summed E-state index contributed by atoms with van der Waals surface area (Å²) in [7, 11) is -5.67. The molecule has 0 aliphatic heterocycles. The maximum Gasteiger partial charge on any atom is 0.573 e. The molecule has 0 saturated carbocycles. The van der Waals surface area contributed by atoms with Gasteiger partial charge in [-0.3, -0.25) is 0 Å². The fraction of sp³-hybridized carbons (Fsp3) is 0.143. The Balaban J connectivity index is 0.000000385. The van der Waals surface area contributed by atoms with E-state index in [-0.39, 0.29) is 5.75 Å². The Morgan fingerprint density at radius 3 is 1.69 bits per heavy atom. The number of rotatable bonds is 1. The minimum Gasteiger partial charge on any atom is -0.406 e. The summed E-state index contributed by atoms with van der Waals surface area (Å²) in [5.74, 6) is -0.194. The zero-order valence-electron chi connectivity index (χ0n) is 7.41. The van der Waals surface area contributed by atoms with E-state index in [1.54, 1.807) is 6.07 Å². The van der Waals surface area contributed by atoms with Crippen molar-refractivity contribution in [3.05, 3.63) is 30.3 Å². The largest absolute Gasteiger partial charge is 0.573 e. The minimum atomic E-state index is -5.67. The Labute approximate surface area is 88.0 Å². The van der Waals surface area contributed by atoms with E-state index in [4.69, 9.17) is 8.42 Å². The molecule has 0 bridgehead atoms. The van der Waals surface area contributed by atoms with Crippen LogP contribution in [-0.2, 0) is 10.6 Å². The monoisotopic (exact) mass is 264 g/mol. The smallest absolute Gasteiger partial charge is 0.406 e. The maximum absolute atomic E-state index is 11.5. The first-order chi connectivity index (χ1) is 7.08. The normalized spacial score (nSPS) is 11.3. The Bertz CT molecular complexity index is 392. The van der Waals surface area contributed by atoms with Crippen LogP contribution in [-0.4, -0.2) is 14.8 Å². The molecule has 1 aromatic rings. The molecular formula is C7H5F5O3S. The molecule has 0 aromatic heterocycles. The summed E-state index contributed by atoms with van der Waals surface area (Å²) in [5, 5.41) is 0. The third kappa shape index (κ3) is 12.6. The Morgan fingerprint density at radius 2 is 1.38 bits per heavy atom. The van der Waals surface area contributed by atoms with Crippen molar-refractivity contribution in [1.82, 2.24) is 0 Å². The molecule has 0 heterocycles. The summed E-state index contributed by atoms with van der Waals surface area (Å²) in [6, 6.07) is 7.05. The predicted octanol–water partition coefficient (Wildman–Crippen LogP) is 2.76. The van der Waals surface area contributed by atoms with Crippen molar-refractivity contribution in [2.45, 2.75) is 6.36 Å². The lowest BCUT2D eigenvalue weighted by Gasteiger charge is -2.07. The number of hydrogen-bond donors (Lipinski definition) is 0. The molecule has 0 N–H and O–H groups in total. The van der Waals surface area contributed by atoms with Gasteiger partial charge < -0.3 is 4.74 Å². The van der Waals surface area contributed by atoms with Gasteiger partial charge in [-0.2, -0.15) is 8.42 Å². The van der Waals surface area contributed by atoms with Gasteiger partial charge in [0.1, 0.15) is 5.75 Å². The average Bonchev–Trinajstić information content (AvgIpc) is 1.99. The Kier molecular flexibility index (Phi) is 5.15. The van der Waals surface area contributed by atoms with Crippen LogP contribution < -0.4 is 4.74 Å². The van der Waals surface area contributed by atoms with Crippen LogP contribution in [0.2, 0.25) is 0 Å². The highest BCUT2D eigenvalue weighted by atomic mass is 32.3. The Morgan fingerprint density at radius 1 is 1.00 bits per heavy atom. The molecule has 0 spiro atoms. The van der Waals surface area contributed by atoms with Crippen LogP contribution in [0.25, 0.3) is 0 Å². The van der Waals surface area contributed by atoms with E-state index in [2.05, 4.69) is 4.74 Å². The topological polar surface area (TPSA) is 43.4 Å². The fourth-order valence-corrected chi connectivity index (χ4v) is 0.622. The lowest BCUT2D eigenvalue weighted by molar-refractivity contribution is -0.274. The second-order valence-electron chi connectivity index (χ2n) is 2.24. The van der Waals surface area contributed by atoms with Gasteiger partial charge in [0.25, 0.3) is 0 Å². The molecule has 1 aromatic carbocycles. The van der Waals surface area contributed by atoms with Gasteiger partial charge >= 0.3 is 17.0 Å². The van der Waals surface area contributed by atoms with Crippen LogP contribution in [0, 0.1) is 0 Å². The van der Waals surface area contributed by atoms with Gasteiger partial charge in [0.05, 0.1) is 0 Å². The lowest BCUT2D eigenvalue weighted by Crippen LogP contribution is -2.16. The van der Waals surface area contributed by atoms with Crippen molar-refractivity contribution in [2.75, 3.05) is 0 Å². The van der Waals surface area contributed by atoms with Crippen LogP contribution in [0.15, 0.2) is 30.3 Å². The minimum absolute atomic E-state index is 0.194. The molecule has 0 saturated heterocycles. The molecule has 9 heteroatoms. The van der Waals surface area contributed by atoms with Crippen LogP contribution >= 0.6 is 0 Å². The van der Waals surface area contributed by atoms with Gasteiger partial charge in [0, 0.05) is 0 Å². The summed E-state index contributed by atoms with van der Waals surface area (Å²) >= 11 is 0. The van der Waals surface area contributed by atoms with Gasteiger partial charge in [-0.15, -0.1) is 13.2 Å². The SMILES string of the molecule is FC(F)(F)Oc1ccccc1.O=S(=O)(F)F. The molecule has 0 aliphatic carbocycles. The number of alkyl halides is 3. The third-order valence-electron chi connectivity index (χ3n) is 0.977. The summed E-state index contributed by atoms with van der Waals surface area (Å²) in [6.45, 7) is 0. The van der Waals surface area contributed by atoms with Gasteiger partial charge in [-0.25, -0.2) is 0 Å². The first-order valence-electron chi connectivity index (χ1n) is 3.53. The second kappa shape index (κ2) is 5.64. The quantitative estimate of drug-likeness (QED) is 0.578. The van der Waals surface area contributed by atoms with Crippen molar-refractivity contribution in [2.24, 2.45) is 0 Å². The van der Waals surface area contributed by atoms with Crippen molar-refractivity contribution < 1.29 is 34.1 Å². The first kappa shape index (κ1) is 14.6. The van der Waals surface area contributed by atoms with E-state index in [0.717, 1.165) is 0 Å². The molecule has 1 rings (SSSR count). The number of para-hydroxylation sites is 1. The highest BCUT2D eigenvalue weighted by Crippen LogP contribution is 2.21. The highest BCUT2D eigenvalue weighted by Gasteiger charge is 2.30. The number of halogens is 5. The number of hydrogen-bond acceptors (Lipinski definition) is 3. The predicted molar refractivity (Wildman–Crippen MR) is 44.3 cm³/mol. The highest BCUT2D eigenvalue weighted by molar-refractivity contribution is 7.81. The van der Waals surface area contributed by atoms with Crippen LogP contribution in [0.1, 0.15) is 0 Å². The molecule has 0 atom stereocenters. The van der Waals surface area contributed by atoms with Gasteiger partial charge in [0.15, 0.2) is 0 Å². The standard InChI is InChI=1S/C7H5F3O.F2O2S/c8-7(9,10)11-6-4-2-1-3-5-6;1-5(2,3)4/h1-5H;. The van der Waals surface area contributed by atoms with Crippen LogP contribution in [0.4, 0.5) is 20.9 Å². The average molecular weight is 264 g/mol. The third-order valence-corrected chi connectivity index (χ3v) is 0.977. The molecule has 0 fully saturated rings. The molecule has 0 unspecified atom stereocenters. The zero-order chi connectivity index (χ0) is 12.8. The Hall–Kier alpha value is -1.38. The molecule has 0 radical (unpaired) electrons. The van der Waals surface area contributed by atoms with E-state index in [1.165, 1.54) is 24.3 Å². The fourth-order valence-electron chi connectivity index (χ4n) is 0.622. The van der Waals surface area contributed by atoms with E-state index < -0.39 is 17.0 Å². The summed E-state index contributed by atoms with van der Waals surface area (Å²) in [5.41, 5.74) is 0. The first-order valence-corrected chi connectivity index (χ1v) is 4.81. The van der Waals surface area contributed by atoms with E-state index in [0.29, 0.717) is 0 Å². The molecule has 92 valence electrons. The number of ether oxygens (including phenoxy) is 1. The van der Waals surface area contributed by atoms with E-state index in [9.17, 15) is 20.9 Å². The van der Waals surface area contributed by atoms with Crippen LogP contribution in [0.5, 0.6) is 5.75 Å². The molecule has 0 amide bonds. The zero-order valence-corrected chi connectivity index (χ0v) is 8.23. The molecule has 0 aliphatic rings. The summed E-state index contributed by atoms with van der Waals surface area (Å²) in [6.07, 6.45) is -4.60. The van der Waals surface area contributed by atoms with Crippen LogP contribution in [0.3, 0.4) is 0 Å². The van der Waals surface area contributed by atoms with Crippen molar-refractivity contribution in [1.29, 1.82) is 0 Å².